The second kappa shape index (κ2) is 4.26. The monoisotopic (exact) mass is 262 g/mol. The van der Waals surface area contributed by atoms with Gasteiger partial charge in [0.15, 0.2) is 11.5 Å². The molecule has 4 nitrogen and oxygen atoms in total. The summed E-state index contributed by atoms with van der Waals surface area (Å²) in [7, 11) is 0. The number of hydrogen-bond acceptors (Lipinski definition) is 5. The van der Waals surface area contributed by atoms with Gasteiger partial charge in [0, 0.05) is 10.4 Å². The Morgan fingerprint density at radius 3 is 2.83 bits per heavy atom. The summed E-state index contributed by atoms with van der Waals surface area (Å²) in [6.45, 7) is 4.30. The summed E-state index contributed by atoms with van der Waals surface area (Å²) in [6.07, 6.45) is 0. The van der Waals surface area contributed by atoms with Crippen LogP contribution in [0.2, 0.25) is 0 Å². The van der Waals surface area contributed by atoms with Crippen LogP contribution in [0.5, 0.6) is 11.5 Å². The molecule has 1 unspecified atom stereocenters. The second-order valence-electron chi connectivity index (χ2n) is 4.31. The van der Waals surface area contributed by atoms with Crippen molar-refractivity contribution in [2.45, 2.75) is 19.9 Å². The number of hydrogen-bond donors (Lipinski definition) is 1. The van der Waals surface area contributed by atoms with Crippen molar-refractivity contribution in [2.75, 3.05) is 6.79 Å². The molecule has 2 aromatic rings. The van der Waals surface area contributed by atoms with Crippen molar-refractivity contribution in [1.29, 1.82) is 0 Å². The first-order chi connectivity index (χ1) is 8.65. The van der Waals surface area contributed by atoms with Gasteiger partial charge in [0.25, 0.3) is 0 Å². The van der Waals surface area contributed by atoms with Crippen LogP contribution in [0.1, 0.15) is 22.9 Å². The van der Waals surface area contributed by atoms with Crippen molar-refractivity contribution in [1.82, 2.24) is 4.98 Å². The fourth-order valence-corrected chi connectivity index (χ4v) is 2.82. The molecule has 5 heteroatoms. The van der Waals surface area contributed by atoms with Crippen molar-refractivity contribution in [3.8, 4) is 22.8 Å². The first-order valence-electron chi connectivity index (χ1n) is 5.78. The third kappa shape index (κ3) is 1.85. The Bertz CT molecular complexity index is 593. The van der Waals surface area contributed by atoms with Crippen molar-refractivity contribution in [2.24, 2.45) is 5.73 Å². The van der Waals surface area contributed by atoms with Crippen LogP contribution < -0.4 is 15.2 Å². The fourth-order valence-electron chi connectivity index (χ4n) is 1.92. The number of thiazole rings is 1. The smallest absolute Gasteiger partial charge is 0.231 e. The first-order valence-corrected chi connectivity index (χ1v) is 6.59. The molecule has 0 saturated carbocycles. The van der Waals surface area contributed by atoms with Crippen molar-refractivity contribution in [3.05, 3.63) is 28.1 Å². The third-order valence-electron chi connectivity index (χ3n) is 2.85. The summed E-state index contributed by atoms with van der Waals surface area (Å²) in [5.41, 5.74) is 7.89. The molecular weight excluding hydrogens is 248 g/mol. The van der Waals surface area contributed by atoms with Crippen LogP contribution in [0.3, 0.4) is 0 Å². The van der Waals surface area contributed by atoms with Crippen LogP contribution in [-0.2, 0) is 0 Å². The summed E-state index contributed by atoms with van der Waals surface area (Å²) in [4.78, 5) is 5.77. The summed E-state index contributed by atoms with van der Waals surface area (Å²) >= 11 is 1.64. The van der Waals surface area contributed by atoms with Crippen molar-refractivity contribution >= 4 is 11.3 Å². The molecule has 1 atom stereocenters. The summed E-state index contributed by atoms with van der Waals surface area (Å²) in [5.74, 6) is 1.57. The lowest BCUT2D eigenvalue weighted by Crippen LogP contribution is -2.03. The molecular formula is C13H14N2O2S. The molecule has 0 radical (unpaired) electrons. The van der Waals surface area contributed by atoms with E-state index in [1.165, 1.54) is 4.88 Å². The molecule has 0 fully saturated rings. The molecule has 1 aliphatic rings. The predicted octanol–water partition coefficient (Wildman–Crippen LogP) is 2.87. The molecule has 0 saturated heterocycles. The number of aryl methyl sites for hydroxylation is 1. The van der Waals surface area contributed by atoms with Crippen molar-refractivity contribution in [3.63, 3.8) is 0 Å². The largest absolute Gasteiger partial charge is 0.454 e. The number of benzene rings is 1. The molecule has 0 bridgehead atoms. The zero-order valence-corrected chi connectivity index (χ0v) is 11.1. The minimum atomic E-state index is -0.0311. The van der Waals surface area contributed by atoms with Gasteiger partial charge in [-0.25, -0.2) is 4.98 Å². The van der Waals surface area contributed by atoms with Gasteiger partial charge in [0.05, 0.1) is 11.7 Å². The highest BCUT2D eigenvalue weighted by atomic mass is 32.1. The lowest BCUT2D eigenvalue weighted by atomic mass is 10.1. The lowest BCUT2D eigenvalue weighted by Gasteiger charge is -2.01. The topological polar surface area (TPSA) is 57.4 Å². The maximum absolute atomic E-state index is 5.87. The Morgan fingerprint density at radius 2 is 2.11 bits per heavy atom. The van der Waals surface area contributed by atoms with Gasteiger partial charge in [-0.2, -0.15) is 0 Å². The summed E-state index contributed by atoms with van der Waals surface area (Å²) in [5, 5.41) is 0.958. The number of rotatable bonds is 2. The van der Waals surface area contributed by atoms with E-state index >= 15 is 0 Å². The van der Waals surface area contributed by atoms with Crippen LogP contribution in [-0.4, -0.2) is 11.8 Å². The van der Waals surface area contributed by atoms with Gasteiger partial charge in [0.2, 0.25) is 6.79 Å². The van der Waals surface area contributed by atoms with Crippen LogP contribution in [0.15, 0.2) is 18.2 Å². The molecule has 1 aliphatic heterocycles. The molecule has 2 heterocycles. The molecule has 18 heavy (non-hydrogen) atoms. The van der Waals surface area contributed by atoms with E-state index in [-0.39, 0.29) is 6.04 Å². The molecule has 0 amide bonds. The lowest BCUT2D eigenvalue weighted by molar-refractivity contribution is 0.174. The van der Waals surface area contributed by atoms with Crippen LogP contribution in [0.25, 0.3) is 11.3 Å². The van der Waals surface area contributed by atoms with Crippen molar-refractivity contribution < 1.29 is 9.47 Å². The van der Waals surface area contributed by atoms with Gasteiger partial charge in [-0.15, -0.1) is 11.3 Å². The Balaban J connectivity index is 2.04. The Hall–Kier alpha value is -1.59. The van der Waals surface area contributed by atoms with E-state index in [0.29, 0.717) is 6.79 Å². The normalized spacial score (nSPS) is 14.8. The minimum Gasteiger partial charge on any atom is -0.454 e. The predicted molar refractivity (Wildman–Crippen MR) is 71.0 cm³/mol. The van der Waals surface area contributed by atoms with Gasteiger partial charge >= 0.3 is 0 Å². The number of nitrogens with zero attached hydrogens (tertiary/aromatic N) is 1. The number of fused-ring (bicyclic) bond motifs is 1. The standard InChI is InChI=1S/C13H14N2O2S/c1-7(14)13-15-12(8(2)18-13)9-3-4-10-11(5-9)17-6-16-10/h3-5,7H,6,14H2,1-2H3. The zero-order valence-electron chi connectivity index (χ0n) is 10.3. The minimum absolute atomic E-state index is 0.0311. The SMILES string of the molecule is Cc1sc(C(C)N)nc1-c1ccc2c(c1)OCO2. The molecule has 0 aliphatic carbocycles. The third-order valence-corrected chi connectivity index (χ3v) is 4.02. The Labute approximate surface area is 109 Å². The maximum atomic E-state index is 5.87. The van der Waals surface area contributed by atoms with E-state index < -0.39 is 0 Å². The molecule has 0 spiro atoms. The molecule has 1 aromatic heterocycles. The van der Waals surface area contributed by atoms with Gasteiger partial charge < -0.3 is 15.2 Å². The quantitative estimate of drug-likeness (QED) is 0.904. The maximum Gasteiger partial charge on any atom is 0.231 e. The van der Waals surface area contributed by atoms with E-state index in [9.17, 15) is 0 Å². The van der Waals surface area contributed by atoms with Gasteiger partial charge in [-0.1, -0.05) is 0 Å². The van der Waals surface area contributed by atoms with Crippen LogP contribution >= 0.6 is 11.3 Å². The highest BCUT2D eigenvalue weighted by Crippen LogP contribution is 2.37. The van der Waals surface area contributed by atoms with E-state index in [1.54, 1.807) is 11.3 Å². The molecule has 94 valence electrons. The number of ether oxygens (including phenoxy) is 2. The van der Waals surface area contributed by atoms with E-state index in [0.717, 1.165) is 27.8 Å². The highest BCUT2D eigenvalue weighted by Gasteiger charge is 2.17. The number of aromatic nitrogens is 1. The summed E-state index contributed by atoms with van der Waals surface area (Å²) < 4.78 is 10.7. The zero-order chi connectivity index (χ0) is 12.7. The number of nitrogens with two attached hydrogens (primary N) is 1. The van der Waals surface area contributed by atoms with Gasteiger partial charge in [-0.3, -0.25) is 0 Å². The van der Waals surface area contributed by atoms with Gasteiger partial charge in [0.1, 0.15) is 5.01 Å². The average Bonchev–Trinajstić information content (AvgIpc) is 2.93. The Kier molecular flexibility index (Phi) is 2.72. The fraction of sp³-hybridized carbons (Fsp3) is 0.308. The van der Waals surface area contributed by atoms with Gasteiger partial charge in [-0.05, 0) is 32.0 Å². The molecule has 3 rings (SSSR count). The molecule has 1 aromatic carbocycles. The second-order valence-corrected chi connectivity index (χ2v) is 5.55. The highest BCUT2D eigenvalue weighted by molar-refractivity contribution is 7.12. The summed E-state index contributed by atoms with van der Waals surface area (Å²) in [6, 6.07) is 5.86. The van der Waals surface area contributed by atoms with Crippen LogP contribution in [0, 0.1) is 6.92 Å². The first kappa shape index (κ1) is 11.5. The van der Waals surface area contributed by atoms with E-state index in [4.69, 9.17) is 15.2 Å². The molecule has 2 N–H and O–H groups in total. The Morgan fingerprint density at radius 1 is 1.33 bits per heavy atom. The van der Waals surface area contributed by atoms with E-state index in [1.807, 2.05) is 25.1 Å². The van der Waals surface area contributed by atoms with E-state index in [2.05, 4.69) is 11.9 Å². The van der Waals surface area contributed by atoms with Crippen LogP contribution in [0.4, 0.5) is 0 Å². The average molecular weight is 262 g/mol.